The Morgan fingerprint density at radius 3 is 2.00 bits per heavy atom. The van der Waals surface area contributed by atoms with Crippen LogP contribution >= 0.6 is 0 Å². The third-order valence-electron chi connectivity index (χ3n) is 4.02. The van der Waals surface area contributed by atoms with Crippen LogP contribution in [-0.2, 0) is 12.0 Å². The Morgan fingerprint density at radius 2 is 1.45 bits per heavy atom. The SMILES string of the molecule is Cc1cc(C)cc(CC(C)(N)c2ccc(C)c(C)c2)c1. The molecule has 0 spiro atoms. The molecule has 1 nitrogen and oxygen atoms in total. The van der Waals surface area contributed by atoms with Crippen molar-refractivity contribution in [2.45, 2.75) is 46.6 Å². The summed E-state index contributed by atoms with van der Waals surface area (Å²) in [5.74, 6) is 0. The molecule has 0 fully saturated rings. The Bertz CT molecular complexity index is 603. The summed E-state index contributed by atoms with van der Waals surface area (Å²) in [6.07, 6.45) is 0.859. The summed E-state index contributed by atoms with van der Waals surface area (Å²) >= 11 is 0. The summed E-state index contributed by atoms with van der Waals surface area (Å²) in [5, 5.41) is 0. The number of hydrogen-bond donors (Lipinski definition) is 1. The van der Waals surface area contributed by atoms with E-state index in [2.05, 4.69) is 71.0 Å². The largest absolute Gasteiger partial charge is 0.321 e. The van der Waals surface area contributed by atoms with E-state index in [0.29, 0.717) is 0 Å². The van der Waals surface area contributed by atoms with Crippen molar-refractivity contribution in [1.82, 2.24) is 0 Å². The minimum atomic E-state index is -0.335. The molecular weight excluding hydrogens is 242 g/mol. The molecule has 2 aromatic carbocycles. The van der Waals surface area contributed by atoms with Crippen molar-refractivity contribution in [1.29, 1.82) is 0 Å². The van der Waals surface area contributed by atoms with Crippen LogP contribution in [0.15, 0.2) is 36.4 Å². The maximum absolute atomic E-state index is 6.59. The van der Waals surface area contributed by atoms with Gasteiger partial charge in [-0.05, 0) is 63.3 Å². The summed E-state index contributed by atoms with van der Waals surface area (Å²) in [6, 6.07) is 13.2. The third-order valence-corrected chi connectivity index (χ3v) is 4.02. The van der Waals surface area contributed by atoms with Gasteiger partial charge in [-0.25, -0.2) is 0 Å². The summed E-state index contributed by atoms with van der Waals surface area (Å²) < 4.78 is 0. The van der Waals surface area contributed by atoms with E-state index in [1.807, 2.05) is 0 Å². The molecule has 20 heavy (non-hydrogen) atoms. The quantitative estimate of drug-likeness (QED) is 0.879. The molecule has 0 saturated carbocycles. The van der Waals surface area contributed by atoms with Crippen LogP contribution in [0.5, 0.6) is 0 Å². The van der Waals surface area contributed by atoms with Crippen LogP contribution < -0.4 is 5.73 Å². The van der Waals surface area contributed by atoms with E-state index in [4.69, 9.17) is 5.73 Å². The fourth-order valence-corrected chi connectivity index (χ4v) is 2.79. The van der Waals surface area contributed by atoms with Gasteiger partial charge in [0.2, 0.25) is 0 Å². The van der Waals surface area contributed by atoms with Crippen LogP contribution in [0.1, 0.15) is 40.3 Å². The van der Waals surface area contributed by atoms with Crippen molar-refractivity contribution in [2.75, 3.05) is 0 Å². The molecular formula is C19H25N. The molecule has 2 rings (SSSR count). The molecule has 0 bridgehead atoms. The van der Waals surface area contributed by atoms with Gasteiger partial charge in [0.1, 0.15) is 0 Å². The molecule has 0 aliphatic carbocycles. The zero-order valence-electron chi connectivity index (χ0n) is 13.2. The molecule has 2 aromatic rings. The van der Waals surface area contributed by atoms with E-state index in [1.54, 1.807) is 0 Å². The summed E-state index contributed by atoms with van der Waals surface area (Å²) in [7, 11) is 0. The molecule has 0 aliphatic heterocycles. The Labute approximate surface area is 122 Å². The minimum Gasteiger partial charge on any atom is -0.321 e. The molecule has 1 atom stereocenters. The predicted molar refractivity (Wildman–Crippen MR) is 87.1 cm³/mol. The second-order valence-electron chi connectivity index (χ2n) is 6.39. The molecule has 0 heterocycles. The second kappa shape index (κ2) is 5.41. The monoisotopic (exact) mass is 267 g/mol. The highest BCUT2D eigenvalue weighted by Gasteiger charge is 2.22. The maximum Gasteiger partial charge on any atom is 0.0421 e. The van der Waals surface area contributed by atoms with Crippen molar-refractivity contribution in [3.05, 3.63) is 69.8 Å². The Kier molecular flexibility index (Phi) is 4.01. The van der Waals surface area contributed by atoms with E-state index < -0.39 is 0 Å². The van der Waals surface area contributed by atoms with Gasteiger partial charge in [-0.15, -0.1) is 0 Å². The lowest BCUT2D eigenvalue weighted by Crippen LogP contribution is -2.35. The fourth-order valence-electron chi connectivity index (χ4n) is 2.79. The van der Waals surface area contributed by atoms with Crippen LogP contribution in [0.4, 0.5) is 0 Å². The van der Waals surface area contributed by atoms with Gasteiger partial charge in [0.25, 0.3) is 0 Å². The number of benzene rings is 2. The molecule has 0 amide bonds. The highest BCUT2D eigenvalue weighted by atomic mass is 14.7. The minimum absolute atomic E-state index is 0.335. The molecule has 106 valence electrons. The summed E-state index contributed by atoms with van der Waals surface area (Å²) in [6.45, 7) is 10.7. The number of hydrogen-bond acceptors (Lipinski definition) is 1. The molecule has 0 saturated heterocycles. The van der Waals surface area contributed by atoms with Crippen LogP contribution in [0, 0.1) is 27.7 Å². The van der Waals surface area contributed by atoms with Crippen LogP contribution in [0.3, 0.4) is 0 Å². The van der Waals surface area contributed by atoms with Crippen LogP contribution in [0.25, 0.3) is 0 Å². The molecule has 1 heteroatoms. The lowest BCUT2D eigenvalue weighted by atomic mass is 9.84. The van der Waals surface area contributed by atoms with Gasteiger partial charge in [0, 0.05) is 5.54 Å². The Hall–Kier alpha value is -1.60. The first kappa shape index (κ1) is 14.8. The van der Waals surface area contributed by atoms with Crippen molar-refractivity contribution < 1.29 is 0 Å². The smallest absolute Gasteiger partial charge is 0.0421 e. The standard InChI is InChI=1S/C19H25N/c1-13-8-14(2)10-17(9-13)12-19(5,20)18-7-6-15(3)16(4)11-18/h6-11H,12,20H2,1-5H3. The highest BCUT2D eigenvalue weighted by molar-refractivity contribution is 5.36. The normalized spacial score (nSPS) is 14.1. The van der Waals surface area contributed by atoms with Gasteiger partial charge in [-0.3, -0.25) is 0 Å². The van der Waals surface area contributed by atoms with Gasteiger partial charge in [0.05, 0.1) is 0 Å². The zero-order valence-corrected chi connectivity index (χ0v) is 13.2. The number of aryl methyl sites for hydroxylation is 4. The van der Waals surface area contributed by atoms with Gasteiger partial charge in [-0.2, -0.15) is 0 Å². The zero-order chi connectivity index (χ0) is 14.9. The first-order chi connectivity index (χ1) is 9.28. The lowest BCUT2D eigenvalue weighted by Gasteiger charge is -2.26. The lowest BCUT2D eigenvalue weighted by molar-refractivity contribution is 0.491. The highest BCUT2D eigenvalue weighted by Crippen LogP contribution is 2.25. The van der Waals surface area contributed by atoms with E-state index in [-0.39, 0.29) is 5.54 Å². The first-order valence-corrected chi connectivity index (χ1v) is 7.22. The van der Waals surface area contributed by atoms with Crippen molar-refractivity contribution in [3.63, 3.8) is 0 Å². The fraction of sp³-hybridized carbons (Fsp3) is 0.368. The topological polar surface area (TPSA) is 26.0 Å². The average Bonchev–Trinajstić information content (AvgIpc) is 2.30. The average molecular weight is 267 g/mol. The van der Waals surface area contributed by atoms with E-state index in [1.165, 1.54) is 33.4 Å². The summed E-state index contributed by atoms with van der Waals surface area (Å²) in [5.41, 5.74) is 14.0. The van der Waals surface area contributed by atoms with Crippen LogP contribution in [-0.4, -0.2) is 0 Å². The number of nitrogens with two attached hydrogens (primary N) is 1. The van der Waals surface area contributed by atoms with Crippen molar-refractivity contribution in [2.24, 2.45) is 5.73 Å². The maximum atomic E-state index is 6.59. The Balaban J connectivity index is 2.32. The van der Waals surface area contributed by atoms with Crippen molar-refractivity contribution in [3.8, 4) is 0 Å². The van der Waals surface area contributed by atoms with Gasteiger partial charge < -0.3 is 5.73 Å². The van der Waals surface area contributed by atoms with Gasteiger partial charge >= 0.3 is 0 Å². The molecule has 0 aromatic heterocycles. The second-order valence-corrected chi connectivity index (χ2v) is 6.39. The van der Waals surface area contributed by atoms with E-state index in [9.17, 15) is 0 Å². The Morgan fingerprint density at radius 1 is 0.850 bits per heavy atom. The van der Waals surface area contributed by atoms with Crippen molar-refractivity contribution >= 4 is 0 Å². The van der Waals surface area contributed by atoms with Gasteiger partial charge in [-0.1, -0.05) is 47.5 Å². The van der Waals surface area contributed by atoms with Gasteiger partial charge in [0.15, 0.2) is 0 Å². The molecule has 0 aliphatic rings. The van der Waals surface area contributed by atoms with E-state index in [0.717, 1.165) is 6.42 Å². The number of rotatable bonds is 3. The molecule has 0 radical (unpaired) electrons. The molecule has 2 N–H and O–H groups in total. The summed E-state index contributed by atoms with van der Waals surface area (Å²) in [4.78, 5) is 0. The predicted octanol–water partition coefficient (Wildman–Crippen LogP) is 4.34. The van der Waals surface area contributed by atoms with Crippen LogP contribution in [0.2, 0.25) is 0 Å². The third kappa shape index (κ3) is 3.29. The molecule has 1 unspecified atom stereocenters. The van der Waals surface area contributed by atoms with E-state index >= 15 is 0 Å². The first-order valence-electron chi connectivity index (χ1n) is 7.22.